The van der Waals surface area contributed by atoms with Crippen molar-refractivity contribution in [1.82, 2.24) is 0 Å². The van der Waals surface area contributed by atoms with Gasteiger partial charge < -0.3 is 4.42 Å². The number of anilines is 1. The molecule has 0 fully saturated rings. The molecule has 1 amide bonds. The summed E-state index contributed by atoms with van der Waals surface area (Å²) in [5.41, 5.74) is 3.34. The van der Waals surface area contributed by atoms with Gasteiger partial charge in [-0.15, -0.1) is 11.3 Å². The highest BCUT2D eigenvalue weighted by atomic mass is 35.5. The minimum absolute atomic E-state index is 0.192. The fraction of sp³-hybridized carbons (Fsp3) is 0.136. The first-order valence-corrected chi connectivity index (χ1v) is 9.89. The number of amides is 1. The molecule has 2 aromatic heterocycles. The average Bonchev–Trinajstić information content (AvgIpc) is 3.28. The Bertz CT molecular complexity index is 1110. The molecule has 4 rings (SSSR count). The SMILES string of the molecule is Cc1ccc2c(C)c(C(=O)N(Cc3cccs3)c3ccccc3Cl)oc2c1. The molecule has 27 heavy (non-hydrogen) atoms. The highest BCUT2D eigenvalue weighted by Crippen LogP contribution is 2.32. The fourth-order valence-electron chi connectivity index (χ4n) is 3.15. The molecule has 0 aliphatic carbocycles. The summed E-state index contributed by atoms with van der Waals surface area (Å²) in [7, 11) is 0. The van der Waals surface area contributed by atoms with Crippen LogP contribution in [-0.4, -0.2) is 5.91 Å². The van der Waals surface area contributed by atoms with Crippen molar-refractivity contribution in [2.75, 3.05) is 4.90 Å². The van der Waals surface area contributed by atoms with Gasteiger partial charge in [0.1, 0.15) is 5.58 Å². The molecular weight excluding hydrogens is 378 g/mol. The molecule has 0 aliphatic rings. The summed E-state index contributed by atoms with van der Waals surface area (Å²) in [4.78, 5) is 16.2. The van der Waals surface area contributed by atoms with E-state index >= 15 is 0 Å². The number of rotatable bonds is 4. The third kappa shape index (κ3) is 3.38. The number of fused-ring (bicyclic) bond motifs is 1. The predicted molar refractivity (Wildman–Crippen MR) is 112 cm³/mol. The molecule has 2 aromatic carbocycles. The molecule has 0 unspecified atom stereocenters. The maximum absolute atomic E-state index is 13.5. The lowest BCUT2D eigenvalue weighted by molar-refractivity contribution is 0.0960. The Labute approximate surface area is 166 Å². The molecular formula is C22H18ClNO2S. The van der Waals surface area contributed by atoms with Crippen LogP contribution in [0.3, 0.4) is 0 Å². The second kappa shape index (κ2) is 7.22. The van der Waals surface area contributed by atoms with Gasteiger partial charge in [0.15, 0.2) is 5.76 Å². The smallest absolute Gasteiger partial charge is 0.294 e. The molecule has 0 saturated carbocycles. The lowest BCUT2D eigenvalue weighted by Crippen LogP contribution is -2.30. The maximum Gasteiger partial charge on any atom is 0.294 e. The van der Waals surface area contributed by atoms with Gasteiger partial charge in [-0.1, -0.05) is 41.9 Å². The zero-order chi connectivity index (χ0) is 19.0. The number of halogens is 1. The van der Waals surface area contributed by atoms with E-state index in [1.54, 1.807) is 22.3 Å². The second-order valence-corrected chi connectivity index (χ2v) is 7.92. The van der Waals surface area contributed by atoms with Crippen LogP contribution < -0.4 is 4.90 Å². The Morgan fingerprint density at radius 3 is 2.67 bits per heavy atom. The van der Waals surface area contributed by atoms with Crippen molar-refractivity contribution in [3.8, 4) is 0 Å². The van der Waals surface area contributed by atoms with Crippen molar-refractivity contribution in [3.63, 3.8) is 0 Å². The number of aryl methyl sites for hydroxylation is 2. The molecule has 5 heteroatoms. The van der Waals surface area contributed by atoms with Crippen LogP contribution in [0.1, 0.15) is 26.6 Å². The first-order valence-electron chi connectivity index (χ1n) is 8.63. The number of carbonyl (C=O) groups excluding carboxylic acids is 1. The number of thiophene rings is 1. The van der Waals surface area contributed by atoms with Crippen molar-refractivity contribution in [2.45, 2.75) is 20.4 Å². The second-order valence-electron chi connectivity index (χ2n) is 6.48. The summed E-state index contributed by atoms with van der Waals surface area (Å²) >= 11 is 8.02. The van der Waals surface area contributed by atoms with Crippen LogP contribution in [0.2, 0.25) is 5.02 Å². The number of carbonyl (C=O) groups is 1. The molecule has 2 heterocycles. The number of nitrogens with zero attached hydrogens (tertiary/aromatic N) is 1. The van der Waals surface area contributed by atoms with Gasteiger partial charge in [-0.25, -0.2) is 0 Å². The van der Waals surface area contributed by atoms with Crippen molar-refractivity contribution in [1.29, 1.82) is 0 Å². The number of hydrogen-bond donors (Lipinski definition) is 0. The van der Waals surface area contributed by atoms with E-state index in [1.807, 2.05) is 67.8 Å². The first-order chi connectivity index (χ1) is 13.0. The van der Waals surface area contributed by atoms with E-state index in [0.717, 1.165) is 27.0 Å². The van der Waals surface area contributed by atoms with E-state index in [0.29, 0.717) is 23.0 Å². The molecule has 0 N–H and O–H groups in total. The Kier molecular flexibility index (Phi) is 4.77. The molecule has 3 nitrogen and oxygen atoms in total. The molecule has 0 aliphatic heterocycles. The van der Waals surface area contributed by atoms with Crippen molar-refractivity contribution < 1.29 is 9.21 Å². The number of furan rings is 1. The van der Waals surface area contributed by atoms with Gasteiger partial charge in [0, 0.05) is 15.8 Å². The van der Waals surface area contributed by atoms with E-state index in [2.05, 4.69) is 0 Å². The number of hydrogen-bond acceptors (Lipinski definition) is 3. The van der Waals surface area contributed by atoms with Crippen LogP contribution in [0.25, 0.3) is 11.0 Å². The van der Waals surface area contributed by atoms with Crippen LogP contribution >= 0.6 is 22.9 Å². The molecule has 0 spiro atoms. The lowest BCUT2D eigenvalue weighted by atomic mass is 10.1. The van der Waals surface area contributed by atoms with E-state index in [4.69, 9.17) is 16.0 Å². The van der Waals surface area contributed by atoms with Crippen LogP contribution in [0.15, 0.2) is 64.4 Å². The zero-order valence-electron chi connectivity index (χ0n) is 15.0. The van der Waals surface area contributed by atoms with Crippen molar-refractivity contribution in [2.24, 2.45) is 0 Å². The first kappa shape index (κ1) is 17.8. The van der Waals surface area contributed by atoms with Gasteiger partial charge in [0.2, 0.25) is 0 Å². The van der Waals surface area contributed by atoms with E-state index in [-0.39, 0.29) is 5.91 Å². The minimum Gasteiger partial charge on any atom is -0.451 e. The van der Waals surface area contributed by atoms with E-state index in [9.17, 15) is 4.79 Å². The summed E-state index contributed by atoms with van der Waals surface area (Å²) in [5.74, 6) is 0.162. The monoisotopic (exact) mass is 395 g/mol. The molecule has 4 aromatic rings. The fourth-order valence-corrected chi connectivity index (χ4v) is 4.09. The zero-order valence-corrected chi connectivity index (χ0v) is 16.6. The van der Waals surface area contributed by atoms with E-state index < -0.39 is 0 Å². The van der Waals surface area contributed by atoms with Crippen LogP contribution in [0.4, 0.5) is 5.69 Å². The molecule has 0 bridgehead atoms. The van der Waals surface area contributed by atoms with E-state index in [1.165, 1.54) is 0 Å². The van der Waals surface area contributed by atoms with Crippen molar-refractivity contribution >= 4 is 45.5 Å². The average molecular weight is 396 g/mol. The summed E-state index contributed by atoms with van der Waals surface area (Å²) in [6.07, 6.45) is 0. The van der Waals surface area contributed by atoms with Gasteiger partial charge in [-0.3, -0.25) is 9.69 Å². The van der Waals surface area contributed by atoms with Gasteiger partial charge in [-0.2, -0.15) is 0 Å². The Morgan fingerprint density at radius 1 is 1.11 bits per heavy atom. The topological polar surface area (TPSA) is 33.5 Å². The number of para-hydroxylation sites is 1. The Morgan fingerprint density at radius 2 is 1.93 bits per heavy atom. The standard InChI is InChI=1S/C22H18ClNO2S/c1-14-9-10-17-15(2)21(26-20(17)12-14)22(25)24(13-16-6-5-11-27-16)19-8-4-3-7-18(19)23/h3-12H,13H2,1-2H3. The summed E-state index contributed by atoms with van der Waals surface area (Å²) < 4.78 is 5.97. The summed E-state index contributed by atoms with van der Waals surface area (Å²) in [5, 5.41) is 3.49. The highest BCUT2D eigenvalue weighted by Gasteiger charge is 2.26. The molecule has 0 atom stereocenters. The maximum atomic E-state index is 13.5. The molecule has 0 radical (unpaired) electrons. The molecule has 136 valence electrons. The van der Waals surface area contributed by atoms with Crippen LogP contribution in [-0.2, 0) is 6.54 Å². The predicted octanol–water partition coefficient (Wildman–Crippen LogP) is 6.61. The van der Waals surface area contributed by atoms with Gasteiger partial charge in [0.25, 0.3) is 5.91 Å². The minimum atomic E-state index is -0.192. The third-order valence-corrected chi connectivity index (χ3v) is 5.75. The quantitative estimate of drug-likeness (QED) is 0.389. The van der Waals surface area contributed by atoms with Crippen molar-refractivity contribution in [3.05, 3.63) is 86.8 Å². The van der Waals surface area contributed by atoms with Gasteiger partial charge in [-0.05, 0) is 49.1 Å². The molecule has 0 saturated heterocycles. The largest absolute Gasteiger partial charge is 0.451 e. The number of benzene rings is 2. The highest BCUT2D eigenvalue weighted by molar-refractivity contribution is 7.09. The Balaban J connectivity index is 1.81. The summed E-state index contributed by atoms with van der Waals surface area (Å²) in [6, 6.07) is 17.4. The summed E-state index contributed by atoms with van der Waals surface area (Å²) in [6.45, 7) is 4.37. The van der Waals surface area contributed by atoms with Crippen LogP contribution in [0, 0.1) is 13.8 Å². The van der Waals surface area contributed by atoms with Gasteiger partial charge in [0.05, 0.1) is 17.3 Å². The lowest BCUT2D eigenvalue weighted by Gasteiger charge is -2.22. The Hall–Kier alpha value is -2.56. The van der Waals surface area contributed by atoms with Crippen LogP contribution in [0.5, 0.6) is 0 Å². The van der Waals surface area contributed by atoms with Gasteiger partial charge >= 0.3 is 0 Å². The third-order valence-electron chi connectivity index (χ3n) is 4.57. The normalized spacial score (nSPS) is 11.1.